The molecule has 2 rings (SSSR count). The molecule has 118 valence electrons. The van der Waals surface area contributed by atoms with E-state index in [0.29, 0.717) is 11.8 Å². The maximum atomic E-state index is 12.7. The molecule has 0 aromatic heterocycles. The number of rotatable bonds is 4. The molecule has 1 nitrogen and oxygen atoms in total. The zero-order chi connectivity index (χ0) is 15.3. The van der Waals surface area contributed by atoms with Gasteiger partial charge in [0, 0.05) is 0 Å². The van der Waals surface area contributed by atoms with Gasteiger partial charge in [-0.3, -0.25) is 0 Å². The van der Waals surface area contributed by atoms with Crippen LogP contribution in [0.3, 0.4) is 0 Å². The largest absolute Gasteiger partial charge is 0.416 e. The number of halogens is 3. The summed E-state index contributed by atoms with van der Waals surface area (Å²) in [5.41, 5.74) is 0.510. The van der Waals surface area contributed by atoms with Crippen molar-refractivity contribution >= 4 is 0 Å². The third-order valence-electron chi connectivity index (χ3n) is 4.48. The van der Waals surface area contributed by atoms with Gasteiger partial charge < -0.3 is 5.32 Å². The van der Waals surface area contributed by atoms with Crippen molar-refractivity contribution in [1.82, 2.24) is 5.32 Å². The van der Waals surface area contributed by atoms with Crippen molar-refractivity contribution in [2.75, 3.05) is 13.1 Å². The normalized spacial score (nSPS) is 23.8. The second-order valence-electron chi connectivity index (χ2n) is 5.93. The first-order chi connectivity index (χ1) is 10.0. The predicted molar refractivity (Wildman–Crippen MR) is 79.3 cm³/mol. The van der Waals surface area contributed by atoms with Gasteiger partial charge in [0.05, 0.1) is 5.56 Å². The van der Waals surface area contributed by atoms with Crippen molar-refractivity contribution in [3.63, 3.8) is 0 Å². The van der Waals surface area contributed by atoms with Crippen molar-refractivity contribution < 1.29 is 13.2 Å². The summed E-state index contributed by atoms with van der Waals surface area (Å²) in [6, 6.07) is 5.81. The van der Waals surface area contributed by atoms with Gasteiger partial charge in [0.2, 0.25) is 0 Å². The van der Waals surface area contributed by atoms with Gasteiger partial charge in [-0.2, -0.15) is 13.2 Å². The van der Waals surface area contributed by atoms with Crippen LogP contribution in [0.4, 0.5) is 13.2 Å². The van der Waals surface area contributed by atoms with E-state index in [2.05, 4.69) is 12.2 Å². The Morgan fingerprint density at radius 1 is 1.05 bits per heavy atom. The summed E-state index contributed by atoms with van der Waals surface area (Å²) in [5, 5.41) is 3.40. The second kappa shape index (κ2) is 7.30. The Kier molecular flexibility index (Phi) is 5.68. The lowest BCUT2D eigenvalue weighted by atomic mass is 9.82. The molecular formula is C17H24F3N. The highest BCUT2D eigenvalue weighted by molar-refractivity contribution is 5.27. The Bertz CT molecular complexity index is 425. The zero-order valence-corrected chi connectivity index (χ0v) is 12.5. The van der Waals surface area contributed by atoms with Crippen molar-refractivity contribution in [2.45, 2.75) is 51.1 Å². The summed E-state index contributed by atoms with van der Waals surface area (Å²) in [4.78, 5) is 0. The van der Waals surface area contributed by atoms with Crippen LogP contribution in [0.5, 0.6) is 0 Å². The van der Waals surface area contributed by atoms with Crippen LogP contribution in [-0.4, -0.2) is 13.1 Å². The Balaban J connectivity index is 2.15. The first-order valence-electron chi connectivity index (χ1n) is 7.90. The summed E-state index contributed by atoms with van der Waals surface area (Å²) in [6.45, 7) is 3.99. The number of hydrogen-bond donors (Lipinski definition) is 1. The molecule has 1 aromatic rings. The fraction of sp³-hybridized carbons (Fsp3) is 0.647. The lowest BCUT2D eigenvalue weighted by molar-refractivity contribution is -0.137. The van der Waals surface area contributed by atoms with Crippen LogP contribution in [-0.2, 0) is 6.18 Å². The third-order valence-corrected chi connectivity index (χ3v) is 4.48. The molecule has 1 aliphatic carbocycles. The molecule has 4 heteroatoms. The van der Waals surface area contributed by atoms with Crippen molar-refractivity contribution in [3.8, 4) is 0 Å². The van der Waals surface area contributed by atoms with Gasteiger partial charge in [-0.15, -0.1) is 0 Å². The van der Waals surface area contributed by atoms with Crippen molar-refractivity contribution in [3.05, 3.63) is 35.4 Å². The van der Waals surface area contributed by atoms with Gasteiger partial charge in [0.15, 0.2) is 0 Å². The van der Waals surface area contributed by atoms with E-state index in [0.717, 1.165) is 25.1 Å². The topological polar surface area (TPSA) is 12.0 Å². The van der Waals surface area contributed by atoms with Crippen LogP contribution in [0.25, 0.3) is 0 Å². The van der Waals surface area contributed by atoms with E-state index in [4.69, 9.17) is 0 Å². The minimum absolute atomic E-state index is 0.383. The maximum Gasteiger partial charge on any atom is 0.416 e. The number of alkyl halides is 3. The molecule has 0 saturated heterocycles. The van der Waals surface area contributed by atoms with Crippen molar-refractivity contribution in [1.29, 1.82) is 0 Å². The molecule has 1 N–H and O–H groups in total. The van der Waals surface area contributed by atoms with Gasteiger partial charge in [0.1, 0.15) is 0 Å². The highest BCUT2D eigenvalue weighted by Crippen LogP contribution is 2.37. The molecule has 0 bridgehead atoms. The Morgan fingerprint density at radius 2 is 1.71 bits per heavy atom. The average Bonchev–Trinajstić information content (AvgIpc) is 2.69. The van der Waals surface area contributed by atoms with Crippen molar-refractivity contribution in [2.24, 2.45) is 5.92 Å². The Labute approximate surface area is 124 Å². The van der Waals surface area contributed by atoms with E-state index < -0.39 is 11.7 Å². The van der Waals surface area contributed by atoms with E-state index in [9.17, 15) is 13.2 Å². The molecule has 1 fully saturated rings. The van der Waals surface area contributed by atoms with Gasteiger partial charge in [0.25, 0.3) is 0 Å². The van der Waals surface area contributed by atoms with Crippen LogP contribution in [0, 0.1) is 5.92 Å². The fourth-order valence-corrected chi connectivity index (χ4v) is 3.32. The fourth-order valence-electron chi connectivity index (χ4n) is 3.32. The number of hydrogen-bond acceptors (Lipinski definition) is 1. The summed E-state index contributed by atoms with van der Waals surface area (Å²) < 4.78 is 38.0. The third kappa shape index (κ3) is 4.47. The molecular weight excluding hydrogens is 275 g/mol. The molecule has 1 saturated carbocycles. The zero-order valence-electron chi connectivity index (χ0n) is 12.5. The lowest BCUT2D eigenvalue weighted by Crippen LogP contribution is -2.26. The van der Waals surface area contributed by atoms with Crippen LogP contribution in [0.15, 0.2) is 24.3 Å². The summed E-state index contributed by atoms with van der Waals surface area (Å²) in [5.74, 6) is 0.915. The molecule has 0 heterocycles. The monoisotopic (exact) mass is 299 g/mol. The van der Waals surface area contributed by atoms with Gasteiger partial charge >= 0.3 is 6.18 Å². The van der Waals surface area contributed by atoms with E-state index in [1.54, 1.807) is 12.1 Å². The quantitative estimate of drug-likeness (QED) is 0.773. The standard InChI is InChI=1S/C17H24F3N/c1-2-21-12-14-6-4-3-5-7-16(14)13-8-10-15(11-9-13)17(18,19)20/h8-11,14,16,21H,2-7,12H2,1H3. The Hall–Kier alpha value is -1.03. The van der Waals surface area contributed by atoms with E-state index >= 15 is 0 Å². The molecule has 0 amide bonds. The molecule has 21 heavy (non-hydrogen) atoms. The molecule has 1 aliphatic rings. The van der Waals surface area contributed by atoms with Gasteiger partial charge in [-0.1, -0.05) is 38.3 Å². The van der Waals surface area contributed by atoms with Gasteiger partial charge in [-0.25, -0.2) is 0 Å². The van der Waals surface area contributed by atoms with E-state index in [-0.39, 0.29) is 0 Å². The van der Waals surface area contributed by atoms with Crippen LogP contribution in [0.1, 0.15) is 56.1 Å². The van der Waals surface area contributed by atoms with Crippen LogP contribution < -0.4 is 5.32 Å². The molecule has 1 aromatic carbocycles. The number of nitrogens with one attached hydrogen (secondary N) is 1. The first-order valence-corrected chi connectivity index (χ1v) is 7.90. The average molecular weight is 299 g/mol. The molecule has 0 spiro atoms. The van der Waals surface area contributed by atoms with Gasteiger partial charge in [-0.05, 0) is 55.5 Å². The minimum atomic E-state index is -4.24. The predicted octanol–water partition coefficient (Wildman–Crippen LogP) is 4.98. The SMILES string of the molecule is CCNCC1CCCCCC1c1ccc(C(F)(F)F)cc1. The summed E-state index contributed by atoms with van der Waals surface area (Å²) in [6.07, 6.45) is 1.65. The highest BCUT2D eigenvalue weighted by atomic mass is 19.4. The maximum absolute atomic E-state index is 12.7. The molecule has 0 aliphatic heterocycles. The van der Waals surface area contributed by atoms with E-state index in [1.165, 1.54) is 37.8 Å². The second-order valence-corrected chi connectivity index (χ2v) is 5.93. The van der Waals surface area contributed by atoms with Crippen LogP contribution in [0.2, 0.25) is 0 Å². The molecule has 2 atom stereocenters. The van der Waals surface area contributed by atoms with E-state index in [1.807, 2.05) is 0 Å². The van der Waals surface area contributed by atoms with Crippen LogP contribution >= 0.6 is 0 Å². The summed E-state index contributed by atoms with van der Waals surface area (Å²) >= 11 is 0. The lowest BCUT2D eigenvalue weighted by Gasteiger charge is -2.26. The first kappa shape index (κ1) is 16.3. The molecule has 2 unspecified atom stereocenters. The minimum Gasteiger partial charge on any atom is -0.317 e. The highest BCUT2D eigenvalue weighted by Gasteiger charge is 2.31. The smallest absolute Gasteiger partial charge is 0.317 e. The molecule has 0 radical (unpaired) electrons. The Morgan fingerprint density at radius 3 is 2.33 bits per heavy atom. The summed E-state index contributed by atoms with van der Waals surface area (Å²) in [7, 11) is 0. The number of benzene rings is 1.